The van der Waals surface area contributed by atoms with Crippen LogP contribution in [-0.2, 0) is 16.6 Å². The Labute approximate surface area is 179 Å². The van der Waals surface area contributed by atoms with E-state index in [1.807, 2.05) is 0 Å². The maximum atomic E-state index is 12.4. The summed E-state index contributed by atoms with van der Waals surface area (Å²) in [5.74, 6) is -0.933. The third kappa shape index (κ3) is 5.44. The summed E-state index contributed by atoms with van der Waals surface area (Å²) in [4.78, 5) is 24.1. The average Bonchev–Trinajstić information content (AvgIpc) is 2.77. The minimum absolute atomic E-state index is 0.00294. The number of nitrogens with one attached hydrogen (secondary N) is 3. The summed E-state index contributed by atoms with van der Waals surface area (Å²) in [7, 11) is -3.77. The van der Waals surface area contributed by atoms with Crippen molar-refractivity contribution >= 4 is 33.4 Å². The summed E-state index contributed by atoms with van der Waals surface area (Å²) in [5, 5.41) is 0.134. The number of hydrazine groups is 1. The molecule has 0 saturated carbocycles. The van der Waals surface area contributed by atoms with Crippen LogP contribution in [0.3, 0.4) is 0 Å². The van der Waals surface area contributed by atoms with Crippen molar-refractivity contribution < 1.29 is 18.0 Å². The molecule has 0 spiro atoms. The minimum Gasteiger partial charge on any atom is -0.267 e. The van der Waals surface area contributed by atoms with Crippen molar-refractivity contribution in [2.45, 2.75) is 11.4 Å². The molecule has 2 amide bonds. The Bertz CT molecular complexity index is 1150. The molecule has 0 aliphatic rings. The zero-order valence-electron chi connectivity index (χ0n) is 15.6. The molecule has 3 aromatic rings. The van der Waals surface area contributed by atoms with Gasteiger partial charge < -0.3 is 0 Å². The number of carbonyl (C=O) groups is 2. The summed E-state index contributed by atoms with van der Waals surface area (Å²) >= 11 is 5.94. The third-order valence-electron chi connectivity index (χ3n) is 4.13. The molecule has 0 saturated heterocycles. The van der Waals surface area contributed by atoms with Crippen LogP contribution in [0.1, 0.15) is 26.3 Å². The number of hydrogen-bond acceptors (Lipinski definition) is 4. The lowest BCUT2D eigenvalue weighted by Crippen LogP contribution is -2.41. The molecular weight excluding hydrogens is 426 g/mol. The van der Waals surface area contributed by atoms with Gasteiger partial charge >= 0.3 is 0 Å². The van der Waals surface area contributed by atoms with E-state index in [2.05, 4.69) is 15.6 Å². The molecule has 0 bridgehead atoms. The van der Waals surface area contributed by atoms with Gasteiger partial charge in [-0.3, -0.25) is 20.4 Å². The molecule has 0 fully saturated rings. The lowest BCUT2D eigenvalue weighted by molar-refractivity contribution is 0.0846. The monoisotopic (exact) mass is 443 g/mol. The van der Waals surface area contributed by atoms with Crippen LogP contribution in [0.5, 0.6) is 0 Å². The number of benzene rings is 3. The fourth-order valence-corrected chi connectivity index (χ4v) is 4.08. The molecule has 0 unspecified atom stereocenters. The third-order valence-corrected chi connectivity index (χ3v) is 6.04. The zero-order valence-corrected chi connectivity index (χ0v) is 17.2. The summed E-state index contributed by atoms with van der Waals surface area (Å²) in [6.07, 6.45) is 0. The van der Waals surface area contributed by atoms with Gasteiger partial charge in [0, 0.05) is 17.7 Å². The molecule has 30 heavy (non-hydrogen) atoms. The smallest absolute Gasteiger partial charge is 0.267 e. The van der Waals surface area contributed by atoms with Crippen LogP contribution in [0.4, 0.5) is 0 Å². The molecule has 7 nitrogen and oxygen atoms in total. The fraction of sp³-hybridized carbons (Fsp3) is 0.0476. The highest BCUT2D eigenvalue weighted by Gasteiger charge is 2.17. The summed E-state index contributed by atoms with van der Waals surface area (Å²) in [6.45, 7) is 0.0280. The Kier molecular flexibility index (Phi) is 6.83. The van der Waals surface area contributed by atoms with E-state index in [4.69, 9.17) is 11.6 Å². The highest BCUT2D eigenvalue weighted by molar-refractivity contribution is 7.89. The van der Waals surface area contributed by atoms with Crippen molar-refractivity contribution in [3.63, 3.8) is 0 Å². The summed E-state index contributed by atoms with van der Waals surface area (Å²) in [6, 6.07) is 20.9. The zero-order chi connectivity index (χ0) is 21.6. The number of amides is 2. The average molecular weight is 444 g/mol. The Balaban J connectivity index is 1.56. The van der Waals surface area contributed by atoms with E-state index in [0.717, 1.165) is 0 Å². The van der Waals surface area contributed by atoms with Crippen molar-refractivity contribution in [3.8, 4) is 0 Å². The highest BCUT2D eigenvalue weighted by Crippen LogP contribution is 2.20. The molecule has 0 radical (unpaired) electrons. The molecular formula is C21H18ClN3O4S. The fourth-order valence-electron chi connectivity index (χ4n) is 2.54. The quantitative estimate of drug-likeness (QED) is 0.509. The second kappa shape index (κ2) is 9.53. The van der Waals surface area contributed by atoms with Crippen LogP contribution in [0.15, 0.2) is 83.8 Å². The van der Waals surface area contributed by atoms with Gasteiger partial charge in [0.05, 0.1) is 5.02 Å². The molecule has 0 heterocycles. The molecule has 3 rings (SSSR count). The number of carbonyl (C=O) groups excluding carboxylic acids is 2. The lowest BCUT2D eigenvalue weighted by Gasteiger charge is -2.10. The number of rotatable bonds is 6. The highest BCUT2D eigenvalue weighted by atomic mass is 35.5. The maximum Gasteiger partial charge on any atom is 0.269 e. The first-order valence-electron chi connectivity index (χ1n) is 8.86. The predicted octanol–water partition coefficient (Wildman–Crippen LogP) is 2.89. The molecule has 9 heteroatoms. The van der Waals surface area contributed by atoms with E-state index in [-0.39, 0.29) is 16.5 Å². The molecule has 0 atom stereocenters. The van der Waals surface area contributed by atoms with E-state index >= 15 is 0 Å². The van der Waals surface area contributed by atoms with Crippen molar-refractivity contribution in [1.82, 2.24) is 15.6 Å². The van der Waals surface area contributed by atoms with E-state index in [9.17, 15) is 18.0 Å². The largest absolute Gasteiger partial charge is 0.269 e. The van der Waals surface area contributed by atoms with Gasteiger partial charge in [0.15, 0.2) is 0 Å². The molecule has 0 aliphatic heterocycles. The van der Waals surface area contributed by atoms with Crippen molar-refractivity contribution in [2.75, 3.05) is 0 Å². The van der Waals surface area contributed by atoms with Gasteiger partial charge in [-0.05, 0) is 42.0 Å². The van der Waals surface area contributed by atoms with Crippen LogP contribution >= 0.6 is 11.6 Å². The van der Waals surface area contributed by atoms with Crippen LogP contribution in [0.2, 0.25) is 5.02 Å². The van der Waals surface area contributed by atoms with E-state index in [1.54, 1.807) is 54.6 Å². The normalized spacial score (nSPS) is 11.0. The van der Waals surface area contributed by atoms with Crippen LogP contribution < -0.4 is 15.6 Å². The number of hydrogen-bond donors (Lipinski definition) is 3. The topological polar surface area (TPSA) is 104 Å². The van der Waals surface area contributed by atoms with Crippen molar-refractivity contribution in [3.05, 3.63) is 101 Å². The predicted molar refractivity (Wildman–Crippen MR) is 113 cm³/mol. The van der Waals surface area contributed by atoms with E-state index < -0.39 is 21.8 Å². The summed E-state index contributed by atoms with van der Waals surface area (Å²) in [5.41, 5.74) is 6.04. The van der Waals surface area contributed by atoms with Crippen molar-refractivity contribution in [1.29, 1.82) is 0 Å². The first-order chi connectivity index (χ1) is 14.4. The first-order valence-corrected chi connectivity index (χ1v) is 10.7. The maximum absolute atomic E-state index is 12.4. The molecule has 0 aliphatic carbocycles. The van der Waals surface area contributed by atoms with Crippen LogP contribution in [0.25, 0.3) is 0 Å². The Morgan fingerprint density at radius 3 is 1.87 bits per heavy atom. The SMILES string of the molecule is O=C(NNC(=O)c1ccc(CNS(=O)(=O)c2ccccc2Cl)cc1)c1ccccc1. The van der Waals surface area contributed by atoms with Gasteiger partial charge in [0.1, 0.15) is 4.90 Å². The van der Waals surface area contributed by atoms with Gasteiger partial charge in [0.2, 0.25) is 10.0 Å². The van der Waals surface area contributed by atoms with Crippen LogP contribution in [-0.4, -0.2) is 20.2 Å². The standard InChI is InChI=1S/C21H18ClN3O4S/c22-18-8-4-5-9-19(18)30(28,29)23-14-15-10-12-17(13-11-15)21(27)25-24-20(26)16-6-2-1-3-7-16/h1-13,23H,14H2,(H,24,26)(H,25,27). The summed E-state index contributed by atoms with van der Waals surface area (Å²) < 4.78 is 27.2. The lowest BCUT2D eigenvalue weighted by atomic mass is 10.1. The van der Waals surface area contributed by atoms with Gasteiger partial charge in [-0.25, -0.2) is 13.1 Å². The molecule has 0 aromatic heterocycles. The van der Waals surface area contributed by atoms with E-state index in [1.165, 1.54) is 24.3 Å². The Hall–Kier alpha value is -3.20. The Morgan fingerprint density at radius 1 is 0.733 bits per heavy atom. The second-order valence-corrected chi connectivity index (χ2v) is 8.37. The van der Waals surface area contributed by atoms with Crippen molar-refractivity contribution in [2.24, 2.45) is 0 Å². The van der Waals surface area contributed by atoms with E-state index in [0.29, 0.717) is 16.7 Å². The number of halogens is 1. The van der Waals surface area contributed by atoms with Gasteiger partial charge in [-0.2, -0.15) is 0 Å². The number of sulfonamides is 1. The van der Waals surface area contributed by atoms with Gasteiger partial charge in [-0.15, -0.1) is 0 Å². The molecule has 154 valence electrons. The Morgan fingerprint density at radius 2 is 1.27 bits per heavy atom. The van der Waals surface area contributed by atoms with Gasteiger partial charge in [-0.1, -0.05) is 54.1 Å². The molecule has 3 aromatic carbocycles. The first kappa shape index (κ1) is 21.5. The van der Waals surface area contributed by atoms with Crippen LogP contribution in [0, 0.1) is 0 Å². The van der Waals surface area contributed by atoms with Gasteiger partial charge in [0.25, 0.3) is 11.8 Å². The second-order valence-electron chi connectivity index (χ2n) is 6.23. The minimum atomic E-state index is -3.77. The molecule has 3 N–H and O–H groups in total.